The number of ketones is 1. The van der Waals surface area contributed by atoms with Crippen molar-refractivity contribution < 1.29 is 9.59 Å². The maximum absolute atomic E-state index is 11.9. The van der Waals surface area contributed by atoms with E-state index in [9.17, 15) is 14.4 Å². The molecule has 1 rings (SSSR count). The fourth-order valence-corrected chi connectivity index (χ4v) is 2.61. The molecule has 1 amide bonds. The van der Waals surface area contributed by atoms with Crippen molar-refractivity contribution in [3.05, 3.63) is 21.7 Å². The molecule has 1 atom stereocenters. The van der Waals surface area contributed by atoms with Crippen LogP contribution in [0.2, 0.25) is 0 Å². The Morgan fingerprint density at radius 1 is 1.33 bits per heavy atom. The molecule has 0 aliphatic heterocycles. The zero-order valence-corrected chi connectivity index (χ0v) is 13.8. The Bertz CT molecular complexity index is 596. The monoisotopic (exact) mass is 311 g/mol. The first-order valence-electron chi connectivity index (χ1n) is 6.76. The summed E-state index contributed by atoms with van der Waals surface area (Å²) in [4.78, 5) is 41.2. The van der Waals surface area contributed by atoms with Crippen LogP contribution in [0.3, 0.4) is 0 Å². The smallest absolute Gasteiger partial charge is 0.346 e. The van der Waals surface area contributed by atoms with E-state index in [2.05, 4.69) is 15.3 Å². The van der Waals surface area contributed by atoms with Crippen LogP contribution in [0.1, 0.15) is 43.7 Å². The number of aryl methyl sites for hydroxylation is 1. The average molecular weight is 311 g/mol. The highest BCUT2D eigenvalue weighted by Crippen LogP contribution is 2.21. The van der Waals surface area contributed by atoms with Gasteiger partial charge in [0.2, 0.25) is 5.91 Å². The van der Waals surface area contributed by atoms with E-state index in [0.29, 0.717) is 22.2 Å². The lowest BCUT2D eigenvalue weighted by atomic mass is 10.1. The van der Waals surface area contributed by atoms with Crippen molar-refractivity contribution in [2.45, 2.75) is 45.7 Å². The molecule has 1 heterocycles. The lowest BCUT2D eigenvalue weighted by molar-refractivity contribution is -0.119. The van der Waals surface area contributed by atoms with E-state index in [1.54, 1.807) is 6.92 Å². The summed E-state index contributed by atoms with van der Waals surface area (Å²) < 4.78 is 0. The molecule has 116 valence electrons. The summed E-state index contributed by atoms with van der Waals surface area (Å²) in [6.45, 7) is 9.03. The van der Waals surface area contributed by atoms with Gasteiger partial charge in [-0.2, -0.15) is 4.98 Å². The van der Waals surface area contributed by atoms with Gasteiger partial charge in [-0.3, -0.25) is 9.59 Å². The Balaban J connectivity index is 2.82. The minimum Gasteiger partial charge on any atom is -0.353 e. The van der Waals surface area contributed by atoms with Crippen LogP contribution in [-0.2, 0) is 4.79 Å². The molecule has 0 aliphatic carbocycles. The predicted octanol–water partition coefficient (Wildman–Crippen LogP) is 1.53. The molecular weight excluding hydrogens is 290 g/mol. The van der Waals surface area contributed by atoms with Gasteiger partial charge in [0.1, 0.15) is 5.03 Å². The summed E-state index contributed by atoms with van der Waals surface area (Å²) in [5.74, 6) is 0.129. The van der Waals surface area contributed by atoms with Crippen molar-refractivity contribution in [2.24, 2.45) is 5.92 Å². The first-order valence-corrected chi connectivity index (χ1v) is 7.75. The summed E-state index contributed by atoms with van der Waals surface area (Å²) in [5, 5.41) is 3.17. The van der Waals surface area contributed by atoms with Gasteiger partial charge in [-0.05, 0) is 26.7 Å². The number of nitrogens with zero attached hydrogens (tertiary/aromatic N) is 1. The maximum atomic E-state index is 11.9. The van der Waals surface area contributed by atoms with Crippen molar-refractivity contribution in [3.8, 4) is 0 Å². The van der Waals surface area contributed by atoms with Gasteiger partial charge in [-0.1, -0.05) is 25.6 Å². The second-order valence-electron chi connectivity index (χ2n) is 5.29. The number of rotatable bonds is 6. The summed E-state index contributed by atoms with van der Waals surface area (Å²) >= 11 is 1.10. The Kier molecular flexibility index (Phi) is 6.14. The molecule has 0 aliphatic rings. The molecule has 1 aromatic rings. The molecule has 0 aromatic carbocycles. The van der Waals surface area contributed by atoms with E-state index in [0.717, 1.165) is 11.8 Å². The van der Waals surface area contributed by atoms with E-state index in [-0.39, 0.29) is 23.5 Å². The van der Waals surface area contributed by atoms with Crippen LogP contribution >= 0.6 is 11.8 Å². The summed E-state index contributed by atoms with van der Waals surface area (Å²) in [6.07, 6.45) is 0. The highest BCUT2D eigenvalue weighted by atomic mass is 32.2. The van der Waals surface area contributed by atoms with Gasteiger partial charge in [-0.25, -0.2) is 4.79 Å². The van der Waals surface area contributed by atoms with Crippen molar-refractivity contribution in [2.75, 3.05) is 5.75 Å². The second kappa shape index (κ2) is 7.40. The molecule has 7 heteroatoms. The van der Waals surface area contributed by atoms with E-state index in [4.69, 9.17) is 0 Å². The van der Waals surface area contributed by atoms with Gasteiger partial charge in [0, 0.05) is 11.7 Å². The van der Waals surface area contributed by atoms with Gasteiger partial charge >= 0.3 is 5.69 Å². The van der Waals surface area contributed by atoms with Gasteiger partial charge in [-0.15, -0.1) is 0 Å². The summed E-state index contributed by atoms with van der Waals surface area (Å²) in [5.41, 5.74) is 0.321. The van der Waals surface area contributed by atoms with E-state index in [1.807, 2.05) is 20.8 Å². The van der Waals surface area contributed by atoms with E-state index in [1.165, 1.54) is 6.92 Å². The van der Waals surface area contributed by atoms with Crippen molar-refractivity contribution in [1.82, 2.24) is 15.3 Å². The van der Waals surface area contributed by atoms with E-state index >= 15 is 0 Å². The number of carbonyl (C=O) groups excluding carboxylic acids is 2. The first-order chi connectivity index (χ1) is 9.72. The number of Topliss-reactive ketones (excluding diaryl/α,β-unsaturated/α-hetero) is 1. The molecule has 21 heavy (non-hydrogen) atoms. The molecule has 2 N–H and O–H groups in total. The third-order valence-corrected chi connectivity index (χ3v) is 4.14. The molecular formula is C14H21N3O3S. The number of aromatic nitrogens is 2. The largest absolute Gasteiger partial charge is 0.353 e. The molecule has 1 aromatic heterocycles. The summed E-state index contributed by atoms with van der Waals surface area (Å²) in [6, 6.07) is 0.0687. The fraction of sp³-hybridized carbons (Fsp3) is 0.571. The lowest BCUT2D eigenvalue weighted by Crippen LogP contribution is -2.37. The Morgan fingerprint density at radius 3 is 2.48 bits per heavy atom. The van der Waals surface area contributed by atoms with Gasteiger partial charge in [0.25, 0.3) is 0 Å². The van der Waals surface area contributed by atoms with Crippen molar-refractivity contribution in [3.63, 3.8) is 0 Å². The third kappa shape index (κ3) is 5.00. The van der Waals surface area contributed by atoms with Crippen LogP contribution in [0.4, 0.5) is 0 Å². The normalized spacial score (nSPS) is 12.3. The van der Waals surface area contributed by atoms with Crippen molar-refractivity contribution in [1.29, 1.82) is 0 Å². The Hall–Kier alpha value is -1.63. The molecule has 0 spiro atoms. The number of hydrogen-bond donors (Lipinski definition) is 2. The second-order valence-corrected chi connectivity index (χ2v) is 6.26. The minimum absolute atomic E-state index is 0.0687. The number of hydrogen-bond acceptors (Lipinski definition) is 5. The first kappa shape index (κ1) is 17.4. The van der Waals surface area contributed by atoms with Crippen LogP contribution in [0.15, 0.2) is 9.82 Å². The number of amides is 1. The molecule has 1 unspecified atom stereocenters. The zero-order chi connectivity index (χ0) is 16.2. The number of aromatic amines is 1. The van der Waals surface area contributed by atoms with E-state index < -0.39 is 5.69 Å². The fourth-order valence-electron chi connectivity index (χ4n) is 1.67. The van der Waals surface area contributed by atoms with Gasteiger partial charge in [0.05, 0.1) is 11.3 Å². The standard InChI is InChI=1S/C14H21N3O3S/c1-7(2)8(3)15-11(19)6-21-13-12(10(5)18)9(4)16-14(20)17-13/h7-8H,6H2,1-5H3,(H,15,19)(H,16,17,20). The average Bonchev–Trinajstić information content (AvgIpc) is 2.34. The van der Waals surface area contributed by atoms with Crippen LogP contribution in [0, 0.1) is 12.8 Å². The third-order valence-electron chi connectivity index (χ3n) is 3.17. The zero-order valence-electron chi connectivity index (χ0n) is 12.9. The van der Waals surface area contributed by atoms with Crippen LogP contribution in [0.5, 0.6) is 0 Å². The summed E-state index contributed by atoms with van der Waals surface area (Å²) in [7, 11) is 0. The Morgan fingerprint density at radius 2 is 1.95 bits per heavy atom. The van der Waals surface area contributed by atoms with Crippen LogP contribution in [0.25, 0.3) is 0 Å². The minimum atomic E-state index is -0.518. The SMILES string of the molecule is CC(=O)c1c(SCC(=O)NC(C)C(C)C)nc(=O)[nH]c1C. The molecule has 0 radical (unpaired) electrons. The molecule has 0 saturated heterocycles. The number of H-pyrrole nitrogens is 1. The molecule has 0 saturated carbocycles. The number of carbonyl (C=O) groups is 2. The maximum Gasteiger partial charge on any atom is 0.346 e. The van der Waals surface area contributed by atoms with Crippen LogP contribution in [-0.4, -0.2) is 33.5 Å². The van der Waals surface area contributed by atoms with Crippen LogP contribution < -0.4 is 11.0 Å². The highest BCUT2D eigenvalue weighted by Gasteiger charge is 2.17. The highest BCUT2D eigenvalue weighted by molar-refractivity contribution is 8.00. The van der Waals surface area contributed by atoms with Crippen molar-refractivity contribution >= 4 is 23.5 Å². The molecule has 6 nitrogen and oxygen atoms in total. The number of thioether (sulfide) groups is 1. The lowest BCUT2D eigenvalue weighted by Gasteiger charge is -2.17. The molecule has 0 bridgehead atoms. The topological polar surface area (TPSA) is 91.9 Å². The Labute approximate surface area is 128 Å². The quantitative estimate of drug-likeness (QED) is 0.472. The number of nitrogens with one attached hydrogen (secondary N) is 2. The van der Waals surface area contributed by atoms with Gasteiger partial charge in [0.15, 0.2) is 5.78 Å². The molecule has 0 fully saturated rings. The van der Waals surface area contributed by atoms with Gasteiger partial charge < -0.3 is 10.3 Å². The predicted molar refractivity (Wildman–Crippen MR) is 82.8 cm³/mol.